The van der Waals surface area contributed by atoms with Crippen molar-refractivity contribution in [2.75, 3.05) is 9.80 Å². The molecule has 0 radical (unpaired) electrons. The zero-order chi connectivity index (χ0) is 54.5. The van der Waals surface area contributed by atoms with Crippen molar-refractivity contribution in [1.29, 1.82) is 0 Å². The zero-order valence-electron chi connectivity index (χ0n) is 44.9. The molecule has 4 heterocycles. The molecule has 2 aliphatic carbocycles. The number of hydrogen-bond donors (Lipinski definition) is 0. The molecule has 0 saturated carbocycles. The molecule has 0 fully saturated rings. The third-order valence-electron chi connectivity index (χ3n) is 18.7. The third kappa shape index (κ3) is 6.15. The minimum absolute atomic E-state index is 0.223. The second-order valence-corrected chi connectivity index (χ2v) is 25.1. The van der Waals surface area contributed by atoms with E-state index in [4.69, 9.17) is 9.47 Å². The number of nitrogens with zero attached hydrogens (tertiary/aromatic N) is 2. The molecule has 0 spiro atoms. The summed E-state index contributed by atoms with van der Waals surface area (Å²) in [5.74, 6) is 3.83. The molecule has 16 aromatic rings. The first-order valence-corrected chi connectivity index (χ1v) is 30.5. The van der Waals surface area contributed by atoms with Crippen LogP contribution in [0.15, 0.2) is 243 Å². The monoisotopic (exact) mass is 1100 g/mol. The van der Waals surface area contributed by atoms with Crippen LogP contribution in [0.4, 0.5) is 34.1 Å². The van der Waals surface area contributed by atoms with Gasteiger partial charge >= 0.3 is 0 Å². The van der Waals surface area contributed by atoms with Crippen LogP contribution in [-0.2, 0) is 0 Å². The quantitative estimate of drug-likeness (QED) is 0.161. The van der Waals surface area contributed by atoms with Crippen LogP contribution in [0.3, 0.4) is 0 Å². The maximum Gasteiger partial charge on any atom is 0.152 e. The largest absolute Gasteiger partial charge is 0.453 e. The van der Waals surface area contributed by atoms with Gasteiger partial charge < -0.3 is 19.3 Å². The summed E-state index contributed by atoms with van der Waals surface area (Å²) in [5.41, 5.74) is 10.4. The summed E-state index contributed by atoms with van der Waals surface area (Å²) in [5, 5.41) is 21.0. The van der Waals surface area contributed by atoms with Crippen molar-refractivity contribution in [3.05, 3.63) is 264 Å². The lowest BCUT2D eigenvalue weighted by atomic mass is 9.72. The molecule has 0 amide bonds. The molecule has 4 nitrogen and oxygen atoms in total. The van der Waals surface area contributed by atoms with Gasteiger partial charge in [-0.15, -0.1) is 22.7 Å². The molecular weight excluding hydrogens is 1060 g/mol. The lowest BCUT2D eigenvalue weighted by molar-refractivity contribution is 0.477. The Morgan fingerprint density at radius 2 is 0.798 bits per heavy atom. The lowest BCUT2D eigenvalue weighted by Gasteiger charge is -2.35. The van der Waals surface area contributed by atoms with E-state index in [0.29, 0.717) is 0 Å². The molecule has 0 bridgehead atoms. The molecule has 0 saturated heterocycles. The number of benzene rings is 14. The average Bonchev–Trinajstić information content (AvgIpc) is 1.60. The maximum absolute atomic E-state index is 7.05. The molecule has 0 N–H and O–H groups in total. The molecule has 2 unspecified atom stereocenters. The highest BCUT2D eigenvalue weighted by molar-refractivity contribution is 7.26. The van der Waals surface area contributed by atoms with Crippen molar-refractivity contribution in [2.24, 2.45) is 0 Å². The van der Waals surface area contributed by atoms with E-state index in [9.17, 15) is 0 Å². The van der Waals surface area contributed by atoms with Gasteiger partial charge in [-0.05, 0) is 154 Å². The van der Waals surface area contributed by atoms with Crippen molar-refractivity contribution in [3.8, 4) is 23.0 Å². The lowest BCUT2D eigenvalue weighted by Crippen LogP contribution is -2.17. The van der Waals surface area contributed by atoms with Gasteiger partial charge in [-0.25, -0.2) is 0 Å². The molecule has 390 valence electrons. The molecular formula is C78H44N2O2S2. The highest BCUT2D eigenvalue weighted by atomic mass is 32.1. The second kappa shape index (κ2) is 16.7. The van der Waals surface area contributed by atoms with E-state index < -0.39 is 0 Å². The van der Waals surface area contributed by atoms with Crippen LogP contribution in [0.5, 0.6) is 23.0 Å². The average molecular weight is 1110 g/mol. The Labute approximate surface area is 489 Å². The van der Waals surface area contributed by atoms with Gasteiger partial charge in [-0.2, -0.15) is 0 Å². The predicted octanol–water partition coefficient (Wildman–Crippen LogP) is 23.4. The zero-order valence-corrected chi connectivity index (χ0v) is 46.6. The van der Waals surface area contributed by atoms with E-state index in [1.54, 1.807) is 0 Å². The van der Waals surface area contributed by atoms with E-state index >= 15 is 0 Å². The summed E-state index contributed by atoms with van der Waals surface area (Å²) in [4.78, 5) is 6.25. The molecule has 4 aliphatic rings. The van der Waals surface area contributed by atoms with Crippen LogP contribution in [0.1, 0.15) is 33.4 Å². The Morgan fingerprint density at radius 1 is 0.298 bits per heavy atom. The Morgan fingerprint density at radius 3 is 1.50 bits per heavy atom. The van der Waals surface area contributed by atoms with Crippen molar-refractivity contribution in [2.45, 2.75) is 11.8 Å². The maximum atomic E-state index is 7.05. The van der Waals surface area contributed by atoms with Gasteiger partial charge in [0.2, 0.25) is 0 Å². The Hall–Kier alpha value is -10.2. The third-order valence-corrected chi connectivity index (χ3v) is 21.0. The molecule has 2 atom stereocenters. The summed E-state index contributed by atoms with van der Waals surface area (Å²) in [6.45, 7) is 0. The molecule has 2 aliphatic heterocycles. The topological polar surface area (TPSA) is 24.9 Å². The number of rotatable bonds is 2. The normalized spacial score (nSPS) is 15.7. The van der Waals surface area contributed by atoms with E-state index in [1.165, 1.54) is 116 Å². The SMILES string of the molecule is C1=CC2c3ccc4ccccc4c3C=CC2c2c1sc1cc3c(cc21)Oc1ccccc1N3c1cc2c3ccccc3c(N3c4ccccc4Oc4cc5c(cc43)sc3ccc4c6ccc7ccccc7c6ccc4c35)cc2c2ccccc12. The fourth-order valence-corrected chi connectivity index (χ4v) is 17.4. The standard InChI is InChI=1S/C78H44N2O2S2/c1-3-15-45-43(13-1)25-27-51-49(45)29-31-57-53(51)33-35-73-77(57)61-39-71-67(41-75(61)83-73)79(63-21-9-11-23-69(63)81-71)65-37-59-48-18-6-8-20-56(48)66(38-60(59)47-17-5-7-19-55(47)65)80-64-22-10-12-24-70(64)82-72-40-62-76(42-68(72)80)84-74-36-34-54-52-28-26-44-14-2-4-16-46(44)50(52)30-32-58(54)78(62)74/h1-42,53,57H. The number of thiophene rings is 2. The first-order chi connectivity index (χ1) is 41.6. The van der Waals surface area contributed by atoms with Gasteiger partial charge in [0.1, 0.15) is 0 Å². The van der Waals surface area contributed by atoms with Gasteiger partial charge in [0.25, 0.3) is 0 Å². The summed E-state index contributed by atoms with van der Waals surface area (Å²) in [7, 11) is 0. The van der Waals surface area contributed by atoms with Crippen LogP contribution in [0, 0.1) is 0 Å². The van der Waals surface area contributed by atoms with Gasteiger partial charge in [-0.1, -0.05) is 182 Å². The molecule has 2 aromatic heterocycles. The summed E-state index contributed by atoms with van der Waals surface area (Å²) in [6, 6.07) is 85.3. The van der Waals surface area contributed by atoms with Crippen molar-refractivity contribution < 1.29 is 9.47 Å². The van der Waals surface area contributed by atoms with Crippen LogP contribution in [0.25, 0.3) is 118 Å². The van der Waals surface area contributed by atoms with Crippen LogP contribution in [-0.4, -0.2) is 0 Å². The first-order valence-electron chi connectivity index (χ1n) is 28.9. The van der Waals surface area contributed by atoms with Crippen molar-refractivity contribution in [1.82, 2.24) is 0 Å². The molecule has 84 heavy (non-hydrogen) atoms. The van der Waals surface area contributed by atoms with Crippen molar-refractivity contribution in [3.63, 3.8) is 0 Å². The predicted molar refractivity (Wildman–Crippen MR) is 357 cm³/mol. The Balaban J connectivity index is 0.766. The van der Waals surface area contributed by atoms with Crippen LogP contribution >= 0.6 is 22.7 Å². The highest BCUT2D eigenvalue weighted by Crippen LogP contribution is 2.60. The summed E-state index contributed by atoms with van der Waals surface area (Å²) < 4.78 is 17.8. The van der Waals surface area contributed by atoms with Gasteiger partial charge in [-0.3, -0.25) is 0 Å². The van der Waals surface area contributed by atoms with Gasteiger partial charge in [0, 0.05) is 57.7 Å². The number of hydrogen-bond acceptors (Lipinski definition) is 6. The first kappa shape index (κ1) is 45.4. The number of fused-ring (bicyclic) bond motifs is 27. The second-order valence-electron chi connectivity index (χ2n) is 22.9. The number of anilines is 6. The fourth-order valence-electron chi connectivity index (χ4n) is 15.1. The van der Waals surface area contributed by atoms with Crippen molar-refractivity contribution >= 4 is 175 Å². The number of allylic oxidation sites excluding steroid dienone is 2. The molecule has 14 aromatic carbocycles. The Bertz CT molecular complexity index is 5750. The fraction of sp³-hybridized carbons (Fsp3) is 0.0256. The van der Waals surface area contributed by atoms with E-state index in [-0.39, 0.29) is 11.8 Å². The highest BCUT2D eigenvalue weighted by Gasteiger charge is 2.36. The minimum atomic E-state index is 0.223. The van der Waals surface area contributed by atoms with E-state index in [2.05, 4.69) is 265 Å². The van der Waals surface area contributed by atoms with Crippen LogP contribution < -0.4 is 19.3 Å². The number of para-hydroxylation sites is 4. The summed E-state index contributed by atoms with van der Waals surface area (Å²) in [6.07, 6.45) is 9.66. The molecule has 6 heteroatoms. The van der Waals surface area contributed by atoms with Gasteiger partial charge in [0.05, 0.1) is 34.1 Å². The smallest absolute Gasteiger partial charge is 0.152 e. The number of ether oxygens (including phenoxy) is 2. The van der Waals surface area contributed by atoms with E-state index in [0.717, 1.165) is 67.9 Å². The molecule has 20 rings (SSSR count). The van der Waals surface area contributed by atoms with Crippen LogP contribution in [0.2, 0.25) is 0 Å². The van der Waals surface area contributed by atoms with Gasteiger partial charge in [0.15, 0.2) is 23.0 Å². The Kier molecular flexibility index (Phi) is 9.03. The summed E-state index contributed by atoms with van der Waals surface area (Å²) >= 11 is 3.75. The van der Waals surface area contributed by atoms with E-state index in [1.807, 2.05) is 22.7 Å². The minimum Gasteiger partial charge on any atom is -0.453 e.